The molecule has 0 saturated carbocycles. The maximum atomic E-state index is 12.5. The highest BCUT2D eigenvalue weighted by Gasteiger charge is 2.25. The highest BCUT2D eigenvalue weighted by molar-refractivity contribution is 5.97. The third-order valence-electron chi connectivity index (χ3n) is 4.79. The Morgan fingerprint density at radius 1 is 1.00 bits per heavy atom. The number of amides is 3. The number of likely N-dealkylation sites (tertiary alicyclic amines) is 1. The number of hydrogen-bond donors (Lipinski definition) is 2. The molecule has 0 unspecified atom stereocenters. The monoisotopic (exact) mass is 383 g/mol. The van der Waals surface area contributed by atoms with Crippen LogP contribution in [0.1, 0.15) is 23.2 Å². The van der Waals surface area contributed by atoms with E-state index in [0.717, 1.165) is 0 Å². The second-order valence-electron chi connectivity index (χ2n) is 6.60. The number of piperidine rings is 1. The van der Waals surface area contributed by atoms with Crippen molar-refractivity contribution in [1.82, 2.24) is 10.2 Å². The standard InChI is InChI=1S/C21H25N3O4/c1-27-17-7-5-6-16(14-17)23-21(26)24-12-10-15(11-13-24)22-20(25)18-8-3-4-9-19(18)28-2/h3-9,14-15H,10-13H2,1-2H3,(H,22,25)(H,23,26). The number of carbonyl (C=O) groups excluding carboxylic acids is 2. The molecule has 0 spiro atoms. The first-order valence-electron chi connectivity index (χ1n) is 9.24. The molecule has 3 rings (SSSR count). The van der Waals surface area contributed by atoms with Crippen LogP contribution in [0.25, 0.3) is 0 Å². The summed E-state index contributed by atoms with van der Waals surface area (Å²) in [4.78, 5) is 26.7. The lowest BCUT2D eigenvalue weighted by Crippen LogP contribution is -2.47. The number of benzene rings is 2. The van der Waals surface area contributed by atoms with E-state index in [0.29, 0.717) is 48.7 Å². The Morgan fingerprint density at radius 2 is 1.75 bits per heavy atom. The molecule has 0 atom stereocenters. The van der Waals surface area contributed by atoms with Crippen LogP contribution in [-0.2, 0) is 0 Å². The van der Waals surface area contributed by atoms with Gasteiger partial charge in [0, 0.05) is 30.9 Å². The molecule has 28 heavy (non-hydrogen) atoms. The Balaban J connectivity index is 1.51. The number of para-hydroxylation sites is 1. The molecule has 1 aliphatic heterocycles. The zero-order valence-electron chi connectivity index (χ0n) is 16.1. The van der Waals surface area contributed by atoms with Gasteiger partial charge < -0.3 is 25.0 Å². The molecule has 3 amide bonds. The second kappa shape index (κ2) is 9.12. The van der Waals surface area contributed by atoms with Gasteiger partial charge in [-0.1, -0.05) is 18.2 Å². The smallest absolute Gasteiger partial charge is 0.321 e. The zero-order valence-corrected chi connectivity index (χ0v) is 16.1. The van der Waals surface area contributed by atoms with E-state index in [4.69, 9.17) is 9.47 Å². The minimum atomic E-state index is -0.156. The Morgan fingerprint density at radius 3 is 2.46 bits per heavy atom. The predicted molar refractivity (Wildman–Crippen MR) is 107 cm³/mol. The van der Waals surface area contributed by atoms with Crippen LogP contribution in [0, 0.1) is 0 Å². The van der Waals surface area contributed by atoms with Crippen molar-refractivity contribution < 1.29 is 19.1 Å². The molecule has 1 saturated heterocycles. The highest BCUT2D eigenvalue weighted by Crippen LogP contribution is 2.20. The molecule has 2 aromatic rings. The average Bonchev–Trinajstić information content (AvgIpc) is 2.74. The van der Waals surface area contributed by atoms with E-state index in [1.165, 1.54) is 0 Å². The number of nitrogens with one attached hydrogen (secondary N) is 2. The van der Waals surface area contributed by atoms with E-state index in [2.05, 4.69) is 10.6 Å². The Labute approximate surface area is 164 Å². The Kier molecular flexibility index (Phi) is 6.37. The number of methoxy groups -OCH3 is 2. The van der Waals surface area contributed by atoms with Gasteiger partial charge in [0.2, 0.25) is 0 Å². The summed E-state index contributed by atoms with van der Waals surface area (Å²) in [5.41, 5.74) is 1.21. The summed E-state index contributed by atoms with van der Waals surface area (Å²) in [6.45, 7) is 1.15. The van der Waals surface area contributed by atoms with E-state index in [1.807, 2.05) is 30.3 Å². The van der Waals surface area contributed by atoms with Crippen LogP contribution in [0.5, 0.6) is 11.5 Å². The quantitative estimate of drug-likeness (QED) is 0.831. The summed E-state index contributed by atoms with van der Waals surface area (Å²) in [5.74, 6) is 1.09. The van der Waals surface area contributed by atoms with E-state index in [-0.39, 0.29) is 18.0 Å². The maximum absolute atomic E-state index is 12.5. The number of urea groups is 1. The summed E-state index contributed by atoms with van der Waals surface area (Å²) in [7, 11) is 3.14. The van der Waals surface area contributed by atoms with Crippen molar-refractivity contribution in [2.75, 3.05) is 32.6 Å². The van der Waals surface area contributed by atoms with Crippen molar-refractivity contribution in [3.8, 4) is 11.5 Å². The number of nitrogens with zero attached hydrogens (tertiary/aromatic N) is 1. The van der Waals surface area contributed by atoms with E-state index in [1.54, 1.807) is 37.3 Å². The van der Waals surface area contributed by atoms with E-state index in [9.17, 15) is 9.59 Å². The van der Waals surface area contributed by atoms with Crippen molar-refractivity contribution in [1.29, 1.82) is 0 Å². The molecule has 0 aliphatic carbocycles. The zero-order chi connectivity index (χ0) is 19.9. The van der Waals surface area contributed by atoms with Crippen LogP contribution in [0.3, 0.4) is 0 Å². The van der Waals surface area contributed by atoms with Crippen molar-refractivity contribution in [3.63, 3.8) is 0 Å². The number of anilines is 1. The van der Waals surface area contributed by atoms with Crippen molar-refractivity contribution in [2.45, 2.75) is 18.9 Å². The third-order valence-corrected chi connectivity index (χ3v) is 4.79. The van der Waals surface area contributed by atoms with Crippen LogP contribution in [0.4, 0.5) is 10.5 Å². The molecular formula is C21H25N3O4. The maximum Gasteiger partial charge on any atom is 0.321 e. The first-order chi connectivity index (χ1) is 13.6. The van der Waals surface area contributed by atoms with Gasteiger partial charge in [-0.15, -0.1) is 0 Å². The molecule has 2 aromatic carbocycles. The largest absolute Gasteiger partial charge is 0.497 e. The normalized spacial score (nSPS) is 14.3. The molecule has 7 heteroatoms. The summed E-state index contributed by atoms with van der Waals surface area (Å²) in [6, 6.07) is 14.3. The van der Waals surface area contributed by atoms with Crippen molar-refractivity contribution in [2.24, 2.45) is 0 Å². The molecule has 1 heterocycles. The summed E-state index contributed by atoms with van der Waals surface area (Å²) in [5, 5.41) is 5.93. The molecule has 2 N–H and O–H groups in total. The van der Waals surface area contributed by atoms with Crippen LogP contribution in [0.15, 0.2) is 48.5 Å². The van der Waals surface area contributed by atoms with Crippen LogP contribution in [0.2, 0.25) is 0 Å². The lowest BCUT2D eigenvalue weighted by Gasteiger charge is -2.32. The van der Waals surface area contributed by atoms with Gasteiger partial charge in [-0.05, 0) is 37.1 Å². The van der Waals surface area contributed by atoms with Crippen LogP contribution in [-0.4, -0.2) is 50.2 Å². The van der Waals surface area contributed by atoms with E-state index < -0.39 is 0 Å². The molecule has 7 nitrogen and oxygen atoms in total. The van der Waals surface area contributed by atoms with Gasteiger partial charge in [-0.25, -0.2) is 4.79 Å². The number of rotatable bonds is 5. The Hall–Kier alpha value is -3.22. The van der Waals surface area contributed by atoms with Gasteiger partial charge >= 0.3 is 6.03 Å². The van der Waals surface area contributed by atoms with Crippen molar-refractivity contribution >= 4 is 17.6 Å². The molecular weight excluding hydrogens is 358 g/mol. The minimum Gasteiger partial charge on any atom is -0.497 e. The Bertz CT molecular complexity index is 832. The van der Waals surface area contributed by atoms with Crippen LogP contribution >= 0.6 is 0 Å². The molecule has 1 fully saturated rings. The topological polar surface area (TPSA) is 79.9 Å². The average molecular weight is 383 g/mol. The molecule has 1 aliphatic rings. The lowest BCUT2D eigenvalue weighted by atomic mass is 10.0. The first-order valence-corrected chi connectivity index (χ1v) is 9.24. The van der Waals surface area contributed by atoms with Gasteiger partial charge in [-0.2, -0.15) is 0 Å². The number of hydrogen-bond acceptors (Lipinski definition) is 4. The first kappa shape index (κ1) is 19.5. The predicted octanol–water partition coefficient (Wildman–Crippen LogP) is 3.13. The fourth-order valence-corrected chi connectivity index (χ4v) is 3.23. The second-order valence-corrected chi connectivity index (χ2v) is 6.60. The van der Waals surface area contributed by atoms with Gasteiger partial charge in [0.25, 0.3) is 5.91 Å². The number of carbonyl (C=O) groups is 2. The SMILES string of the molecule is COc1cccc(NC(=O)N2CCC(NC(=O)c3ccccc3OC)CC2)c1. The summed E-state index contributed by atoms with van der Waals surface area (Å²) < 4.78 is 10.4. The fraction of sp³-hybridized carbons (Fsp3) is 0.333. The molecule has 0 aromatic heterocycles. The minimum absolute atomic E-state index is 0.0262. The molecule has 0 bridgehead atoms. The van der Waals surface area contributed by atoms with Crippen LogP contribution < -0.4 is 20.1 Å². The van der Waals surface area contributed by atoms with E-state index >= 15 is 0 Å². The lowest BCUT2D eigenvalue weighted by molar-refractivity contribution is 0.0916. The molecule has 148 valence electrons. The summed E-state index contributed by atoms with van der Waals surface area (Å²) in [6.07, 6.45) is 1.40. The highest BCUT2D eigenvalue weighted by atomic mass is 16.5. The van der Waals surface area contributed by atoms with Gasteiger partial charge in [0.05, 0.1) is 19.8 Å². The summed E-state index contributed by atoms with van der Waals surface area (Å²) >= 11 is 0. The third kappa shape index (κ3) is 4.73. The van der Waals surface area contributed by atoms with Gasteiger partial charge in [-0.3, -0.25) is 4.79 Å². The number of ether oxygens (including phenoxy) is 2. The molecule has 0 radical (unpaired) electrons. The fourth-order valence-electron chi connectivity index (χ4n) is 3.23. The van der Waals surface area contributed by atoms with Crippen molar-refractivity contribution in [3.05, 3.63) is 54.1 Å². The van der Waals surface area contributed by atoms with Gasteiger partial charge in [0.15, 0.2) is 0 Å². The van der Waals surface area contributed by atoms with Gasteiger partial charge in [0.1, 0.15) is 11.5 Å².